The van der Waals surface area contributed by atoms with Crippen LogP contribution in [0, 0.1) is 5.41 Å². The highest BCUT2D eigenvalue weighted by atomic mass is 19.4. The second kappa shape index (κ2) is 15.6. The molecule has 7 nitrogen and oxygen atoms in total. The molecule has 2 N–H and O–H groups in total. The Labute approximate surface area is 295 Å². The molecule has 3 aromatic carbocycles. The summed E-state index contributed by atoms with van der Waals surface area (Å²) in [6, 6.07) is 14.3. The van der Waals surface area contributed by atoms with Crippen LogP contribution in [-0.2, 0) is 22.4 Å². The van der Waals surface area contributed by atoms with Gasteiger partial charge >= 0.3 is 18.3 Å². The average Bonchev–Trinajstić information content (AvgIpc) is 3.07. The number of hydrogen-bond acceptors (Lipinski definition) is 5. The van der Waals surface area contributed by atoms with Crippen LogP contribution < -0.4 is 10.1 Å². The molecule has 3 aromatic rings. The van der Waals surface area contributed by atoms with E-state index in [1.807, 2.05) is 29.2 Å². The van der Waals surface area contributed by atoms with Gasteiger partial charge in [-0.1, -0.05) is 48.5 Å². The van der Waals surface area contributed by atoms with Crippen molar-refractivity contribution in [3.05, 3.63) is 65.7 Å². The van der Waals surface area contributed by atoms with Gasteiger partial charge in [0.15, 0.2) is 0 Å². The van der Waals surface area contributed by atoms with Gasteiger partial charge in [-0.2, -0.15) is 26.3 Å². The number of piperidine rings is 2. The lowest BCUT2D eigenvalue weighted by atomic mass is 9.76. The average molecular weight is 744 g/mol. The number of ether oxygens (including phenoxy) is 1. The van der Waals surface area contributed by atoms with Crippen molar-refractivity contribution in [1.29, 1.82) is 0 Å². The molecule has 2 aliphatic rings. The highest BCUT2D eigenvalue weighted by Gasteiger charge is 2.61. The van der Waals surface area contributed by atoms with Crippen LogP contribution in [0.1, 0.15) is 43.2 Å². The Hall–Kier alpha value is -3.98. The number of nitrogens with one attached hydrogen (secondary N) is 1. The van der Waals surface area contributed by atoms with E-state index in [0.717, 1.165) is 21.6 Å². The summed E-state index contributed by atoms with van der Waals surface area (Å²) in [5, 5.41) is 13.4. The number of aryl methyl sites for hydroxylation is 1. The molecular weight excluding hydrogens is 702 g/mol. The summed E-state index contributed by atoms with van der Waals surface area (Å²) in [6.45, 7) is -1.42. The third kappa shape index (κ3) is 8.96. The van der Waals surface area contributed by atoms with Gasteiger partial charge in [0.2, 0.25) is 5.91 Å². The minimum absolute atomic E-state index is 0.171. The molecule has 2 saturated heterocycles. The number of fused-ring (bicyclic) bond motifs is 1. The van der Waals surface area contributed by atoms with Crippen molar-refractivity contribution < 1.29 is 54.6 Å². The normalized spacial score (nSPS) is 18.9. The minimum Gasteiger partial charge on any atom is -0.496 e. The highest BCUT2D eigenvalue weighted by molar-refractivity contribution is 6.00. The zero-order chi connectivity index (χ0) is 37.9. The molecule has 0 bridgehead atoms. The third-order valence-electron chi connectivity index (χ3n) is 10.2. The molecule has 0 radical (unpaired) electrons. The van der Waals surface area contributed by atoms with Crippen molar-refractivity contribution in [2.45, 2.75) is 69.3 Å². The number of aliphatic carboxylic acids is 1. The summed E-state index contributed by atoms with van der Waals surface area (Å²) in [6.07, 6.45) is -11.1. The number of benzene rings is 3. The Morgan fingerprint density at radius 2 is 1.44 bits per heavy atom. The fourth-order valence-electron chi connectivity index (χ4n) is 7.33. The van der Waals surface area contributed by atoms with Crippen molar-refractivity contribution in [2.24, 2.45) is 5.41 Å². The molecule has 1 amide bonds. The number of carboxylic acids is 1. The van der Waals surface area contributed by atoms with Gasteiger partial charge in [0, 0.05) is 37.9 Å². The molecule has 2 fully saturated rings. The minimum atomic E-state index is -5.13. The predicted octanol–water partition coefficient (Wildman–Crippen LogP) is 7.50. The van der Waals surface area contributed by atoms with Crippen molar-refractivity contribution in [3.8, 4) is 16.9 Å². The van der Waals surface area contributed by atoms with Crippen LogP contribution in [0.4, 0.5) is 35.1 Å². The molecule has 52 heavy (non-hydrogen) atoms. The summed E-state index contributed by atoms with van der Waals surface area (Å²) in [5.74, 6) is -5.22. The maximum absolute atomic E-state index is 14.4. The number of likely N-dealkylation sites (tertiary alicyclic amines) is 2. The number of methoxy groups -OCH3 is 1. The molecule has 0 spiro atoms. The topological polar surface area (TPSA) is 82.1 Å². The monoisotopic (exact) mass is 743 g/mol. The zero-order valence-electron chi connectivity index (χ0n) is 28.6. The SMILES string of the molecule is COc1cccc(CCCN2CCC(F)(F)CC2)c1-c1cccc2c(C[C@H](NC(=O)C3(C(F)(F)F)CCN(CC(F)(F)F)CC3)C(=O)O)cccc12. The molecule has 15 heteroatoms. The number of carboxylic acid groups (broad SMARTS) is 1. The summed E-state index contributed by atoms with van der Waals surface area (Å²) in [7, 11) is 1.53. The van der Waals surface area contributed by atoms with E-state index in [0.29, 0.717) is 54.6 Å². The number of carbonyl (C=O) groups excluding carboxylic acids is 1. The van der Waals surface area contributed by atoms with E-state index >= 15 is 0 Å². The molecule has 2 heterocycles. The maximum atomic E-state index is 14.4. The first-order valence-corrected chi connectivity index (χ1v) is 17.1. The number of amides is 1. The van der Waals surface area contributed by atoms with E-state index in [9.17, 15) is 49.8 Å². The largest absolute Gasteiger partial charge is 0.496 e. The highest BCUT2D eigenvalue weighted by Crippen LogP contribution is 2.47. The van der Waals surface area contributed by atoms with Crippen LogP contribution in [0.3, 0.4) is 0 Å². The van der Waals surface area contributed by atoms with Crippen LogP contribution in [0.2, 0.25) is 0 Å². The standard InChI is InChI=1S/C37H41F8N3O4/c1-52-30-12-3-6-24(8-5-17-47-20-15-35(38,39)16-21-47)31(30)28-11-4-9-26-25(7-2-10-27(26)28)22-29(32(49)50)46-33(51)34(37(43,44)45)13-18-48(19-14-34)23-36(40,41)42/h2-4,6-7,9-12,29H,5,8,13-23H2,1H3,(H,46,51)(H,49,50)/t29-/m0/s1. The molecule has 284 valence electrons. The number of halogens is 8. The summed E-state index contributed by atoms with van der Waals surface area (Å²) in [5.41, 5.74) is -0.138. The molecule has 0 saturated carbocycles. The predicted molar refractivity (Wildman–Crippen MR) is 178 cm³/mol. The fraction of sp³-hybridized carbons (Fsp3) is 0.514. The lowest BCUT2D eigenvalue weighted by Crippen LogP contribution is -2.59. The first-order chi connectivity index (χ1) is 24.4. The lowest BCUT2D eigenvalue weighted by molar-refractivity contribution is -0.236. The van der Waals surface area contributed by atoms with Gasteiger partial charge < -0.3 is 20.1 Å². The van der Waals surface area contributed by atoms with Gasteiger partial charge in [-0.05, 0) is 78.8 Å². The van der Waals surface area contributed by atoms with Crippen LogP contribution in [0.5, 0.6) is 5.75 Å². The molecule has 1 atom stereocenters. The molecule has 0 unspecified atom stereocenters. The molecular formula is C37H41F8N3O4. The van der Waals surface area contributed by atoms with E-state index in [-0.39, 0.29) is 19.3 Å². The third-order valence-corrected chi connectivity index (χ3v) is 10.2. The van der Waals surface area contributed by atoms with Gasteiger partial charge in [-0.15, -0.1) is 0 Å². The molecule has 2 aliphatic heterocycles. The van der Waals surface area contributed by atoms with Gasteiger partial charge in [0.1, 0.15) is 17.2 Å². The Morgan fingerprint density at radius 3 is 2.06 bits per heavy atom. The summed E-state index contributed by atoms with van der Waals surface area (Å²) in [4.78, 5) is 28.5. The van der Waals surface area contributed by atoms with E-state index in [1.165, 1.54) is 7.11 Å². The maximum Gasteiger partial charge on any atom is 0.403 e. The summed E-state index contributed by atoms with van der Waals surface area (Å²) < 4.78 is 115. The summed E-state index contributed by atoms with van der Waals surface area (Å²) >= 11 is 0. The van der Waals surface area contributed by atoms with Crippen LogP contribution in [-0.4, -0.2) is 97.5 Å². The van der Waals surface area contributed by atoms with E-state index < -0.39 is 74.1 Å². The van der Waals surface area contributed by atoms with Crippen molar-refractivity contribution in [2.75, 3.05) is 46.4 Å². The first kappa shape index (κ1) is 39.2. The van der Waals surface area contributed by atoms with Crippen molar-refractivity contribution >= 4 is 22.6 Å². The Kier molecular flexibility index (Phi) is 11.7. The van der Waals surface area contributed by atoms with Gasteiger partial charge in [-0.3, -0.25) is 9.69 Å². The smallest absolute Gasteiger partial charge is 0.403 e. The first-order valence-electron chi connectivity index (χ1n) is 17.1. The van der Waals surface area contributed by atoms with Gasteiger partial charge in [-0.25, -0.2) is 13.6 Å². The van der Waals surface area contributed by atoms with Gasteiger partial charge in [0.25, 0.3) is 5.92 Å². The number of rotatable bonds is 12. The van der Waals surface area contributed by atoms with E-state index in [1.54, 1.807) is 30.3 Å². The number of hydrogen-bond donors (Lipinski definition) is 2. The quantitative estimate of drug-likeness (QED) is 0.187. The number of nitrogens with zero attached hydrogens (tertiary/aromatic N) is 2. The van der Waals surface area contributed by atoms with Crippen LogP contribution >= 0.6 is 0 Å². The second-order valence-corrected chi connectivity index (χ2v) is 13.7. The van der Waals surface area contributed by atoms with Crippen molar-refractivity contribution in [1.82, 2.24) is 15.1 Å². The molecule has 0 aromatic heterocycles. The lowest BCUT2D eigenvalue weighted by Gasteiger charge is -2.42. The van der Waals surface area contributed by atoms with E-state index in [4.69, 9.17) is 4.74 Å². The van der Waals surface area contributed by atoms with Crippen molar-refractivity contribution in [3.63, 3.8) is 0 Å². The Morgan fingerprint density at radius 1 is 0.846 bits per heavy atom. The van der Waals surface area contributed by atoms with Crippen LogP contribution in [0.15, 0.2) is 54.6 Å². The fourth-order valence-corrected chi connectivity index (χ4v) is 7.33. The Bertz CT molecular complexity index is 1730. The molecule has 0 aliphatic carbocycles. The number of alkyl halides is 8. The molecule has 5 rings (SSSR count). The Balaban J connectivity index is 1.38. The number of carbonyl (C=O) groups is 2. The van der Waals surface area contributed by atoms with E-state index in [2.05, 4.69) is 5.32 Å². The van der Waals surface area contributed by atoms with Crippen LogP contribution in [0.25, 0.3) is 21.9 Å². The second-order valence-electron chi connectivity index (χ2n) is 13.7. The zero-order valence-corrected chi connectivity index (χ0v) is 28.6. The van der Waals surface area contributed by atoms with Gasteiger partial charge in [0.05, 0.1) is 13.7 Å².